The third-order valence-electron chi connectivity index (χ3n) is 4.47. The topological polar surface area (TPSA) is 26.3 Å². The Bertz CT molecular complexity index is 426. The minimum absolute atomic E-state index is 0.0149. The van der Waals surface area contributed by atoms with Gasteiger partial charge in [0.25, 0.3) is 0 Å². The second-order valence-corrected chi connectivity index (χ2v) is 5.13. The van der Waals surface area contributed by atoms with Gasteiger partial charge in [0, 0.05) is 5.41 Å². The van der Waals surface area contributed by atoms with Crippen molar-refractivity contribution in [3.8, 4) is 0 Å². The summed E-state index contributed by atoms with van der Waals surface area (Å²) in [7, 11) is 0. The predicted octanol–water partition coefficient (Wildman–Crippen LogP) is 2.92. The summed E-state index contributed by atoms with van der Waals surface area (Å²) in [5.74, 6) is 0.670. The van der Waals surface area contributed by atoms with Gasteiger partial charge in [0.05, 0.1) is 12.5 Å². The molecule has 2 heteroatoms. The van der Waals surface area contributed by atoms with Gasteiger partial charge in [-0.25, -0.2) is 0 Å². The van der Waals surface area contributed by atoms with Crippen LogP contribution in [0.3, 0.4) is 0 Å². The zero-order chi connectivity index (χ0) is 11.9. The molecule has 0 heterocycles. The lowest BCUT2D eigenvalue weighted by Gasteiger charge is -2.15. The molecule has 0 saturated heterocycles. The van der Waals surface area contributed by atoms with Crippen molar-refractivity contribution in [2.45, 2.75) is 31.6 Å². The highest BCUT2D eigenvalue weighted by atomic mass is 16.5. The van der Waals surface area contributed by atoms with Crippen molar-refractivity contribution < 1.29 is 9.53 Å². The summed E-state index contributed by atoms with van der Waals surface area (Å²) in [6.45, 7) is 2.37. The van der Waals surface area contributed by atoms with E-state index in [2.05, 4.69) is 24.3 Å². The molecule has 2 nitrogen and oxygen atoms in total. The molecular formula is C15H18O2. The van der Waals surface area contributed by atoms with E-state index in [4.69, 9.17) is 4.74 Å². The average molecular weight is 230 g/mol. The van der Waals surface area contributed by atoms with E-state index < -0.39 is 0 Å². The summed E-state index contributed by atoms with van der Waals surface area (Å²) in [6.07, 6.45) is 3.57. The van der Waals surface area contributed by atoms with Gasteiger partial charge >= 0.3 is 5.97 Å². The Hall–Kier alpha value is -1.31. The van der Waals surface area contributed by atoms with Gasteiger partial charge in [-0.2, -0.15) is 0 Å². The van der Waals surface area contributed by atoms with E-state index >= 15 is 0 Å². The first kappa shape index (κ1) is 10.8. The number of carbonyl (C=O) groups is 1. The number of fused-ring (bicyclic) bond motifs is 1. The van der Waals surface area contributed by atoms with E-state index in [1.54, 1.807) is 0 Å². The zero-order valence-electron chi connectivity index (χ0n) is 10.2. The molecule has 0 bridgehead atoms. The lowest BCUT2D eigenvalue weighted by Crippen LogP contribution is -2.17. The van der Waals surface area contributed by atoms with E-state index in [0.29, 0.717) is 12.5 Å². The highest BCUT2D eigenvalue weighted by Gasteiger charge is 2.70. The summed E-state index contributed by atoms with van der Waals surface area (Å²) in [4.78, 5) is 12.0. The maximum absolute atomic E-state index is 12.0. The molecule has 0 aromatic heterocycles. The van der Waals surface area contributed by atoms with Gasteiger partial charge in [-0.05, 0) is 31.2 Å². The van der Waals surface area contributed by atoms with E-state index in [1.165, 1.54) is 18.4 Å². The van der Waals surface area contributed by atoms with Crippen LogP contribution in [0.1, 0.15) is 31.7 Å². The van der Waals surface area contributed by atoms with Crippen LogP contribution in [0.15, 0.2) is 30.3 Å². The Morgan fingerprint density at radius 3 is 2.88 bits per heavy atom. The van der Waals surface area contributed by atoms with Crippen molar-refractivity contribution in [1.29, 1.82) is 0 Å². The van der Waals surface area contributed by atoms with Crippen molar-refractivity contribution in [1.82, 2.24) is 0 Å². The molecule has 0 amide bonds. The lowest BCUT2D eigenvalue weighted by atomic mass is 9.90. The molecular weight excluding hydrogens is 212 g/mol. The fourth-order valence-corrected chi connectivity index (χ4v) is 3.79. The Morgan fingerprint density at radius 1 is 1.41 bits per heavy atom. The highest BCUT2D eigenvalue weighted by Crippen LogP contribution is 2.69. The van der Waals surface area contributed by atoms with Crippen LogP contribution >= 0.6 is 0 Å². The monoisotopic (exact) mass is 230 g/mol. The summed E-state index contributed by atoms with van der Waals surface area (Å²) < 4.78 is 5.21. The molecule has 2 fully saturated rings. The molecule has 3 atom stereocenters. The summed E-state index contributed by atoms with van der Waals surface area (Å²) in [6, 6.07) is 10.5. The SMILES string of the molecule is CCOC(=O)[C@@H]1[C@@H]2CCC[C@@]12c1ccccc1. The van der Waals surface area contributed by atoms with Gasteiger partial charge in [0.1, 0.15) is 0 Å². The van der Waals surface area contributed by atoms with Crippen LogP contribution < -0.4 is 0 Å². The number of benzene rings is 1. The minimum Gasteiger partial charge on any atom is -0.466 e. The predicted molar refractivity (Wildman–Crippen MR) is 65.6 cm³/mol. The van der Waals surface area contributed by atoms with Crippen LogP contribution in [0.5, 0.6) is 0 Å². The van der Waals surface area contributed by atoms with Gasteiger partial charge in [0.15, 0.2) is 0 Å². The third kappa shape index (κ3) is 1.43. The van der Waals surface area contributed by atoms with Gasteiger partial charge in [-0.3, -0.25) is 4.79 Å². The highest BCUT2D eigenvalue weighted by molar-refractivity contribution is 5.80. The number of hydrogen-bond acceptors (Lipinski definition) is 2. The van der Waals surface area contributed by atoms with Crippen molar-refractivity contribution in [3.05, 3.63) is 35.9 Å². The minimum atomic E-state index is 0.0149. The second kappa shape index (κ2) is 3.86. The number of ether oxygens (including phenoxy) is 1. The largest absolute Gasteiger partial charge is 0.466 e. The van der Waals surface area contributed by atoms with Crippen LogP contribution in [0.2, 0.25) is 0 Å². The van der Waals surface area contributed by atoms with E-state index in [9.17, 15) is 4.79 Å². The first-order valence-electron chi connectivity index (χ1n) is 6.53. The molecule has 0 unspecified atom stereocenters. The van der Waals surface area contributed by atoms with Crippen LogP contribution in [0.4, 0.5) is 0 Å². The summed E-state index contributed by atoms with van der Waals surface area (Å²) in [5.41, 5.74) is 1.45. The maximum atomic E-state index is 12.0. The first-order valence-corrected chi connectivity index (χ1v) is 6.53. The second-order valence-electron chi connectivity index (χ2n) is 5.13. The van der Waals surface area contributed by atoms with Crippen molar-refractivity contribution in [3.63, 3.8) is 0 Å². The van der Waals surface area contributed by atoms with Crippen LogP contribution in [-0.2, 0) is 14.9 Å². The smallest absolute Gasteiger partial charge is 0.310 e. The Balaban J connectivity index is 1.89. The molecule has 0 radical (unpaired) electrons. The molecule has 1 aromatic rings. The van der Waals surface area contributed by atoms with Crippen molar-refractivity contribution >= 4 is 5.97 Å². The standard InChI is InChI=1S/C15H18O2/c1-2-17-14(16)13-12-9-6-10-15(12,13)11-7-4-3-5-8-11/h3-5,7-8,12-13H,2,6,9-10H2,1H3/t12-,13-,15-/m0/s1. The van der Waals surface area contributed by atoms with E-state index in [-0.39, 0.29) is 17.3 Å². The zero-order valence-corrected chi connectivity index (χ0v) is 10.2. The Labute approximate surface area is 102 Å². The fraction of sp³-hybridized carbons (Fsp3) is 0.533. The Kier molecular flexibility index (Phi) is 2.46. The average Bonchev–Trinajstić information content (AvgIpc) is 2.81. The fourth-order valence-electron chi connectivity index (χ4n) is 3.79. The van der Waals surface area contributed by atoms with Crippen molar-refractivity contribution in [2.24, 2.45) is 11.8 Å². The number of carbonyl (C=O) groups excluding carboxylic acids is 1. The summed E-state index contributed by atoms with van der Waals surface area (Å²) >= 11 is 0. The van der Waals surface area contributed by atoms with Gasteiger partial charge < -0.3 is 4.74 Å². The molecule has 0 N–H and O–H groups in total. The molecule has 0 aliphatic heterocycles. The van der Waals surface area contributed by atoms with Gasteiger partial charge in [-0.15, -0.1) is 0 Å². The van der Waals surface area contributed by atoms with Crippen molar-refractivity contribution in [2.75, 3.05) is 6.61 Å². The molecule has 2 aliphatic rings. The normalized spacial score (nSPS) is 34.2. The number of hydrogen-bond donors (Lipinski definition) is 0. The van der Waals surface area contributed by atoms with E-state index in [0.717, 1.165) is 6.42 Å². The summed E-state index contributed by atoms with van der Waals surface area (Å²) in [5, 5.41) is 0. The van der Waals surface area contributed by atoms with Crippen LogP contribution in [0, 0.1) is 11.8 Å². The molecule has 2 saturated carbocycles. The molecule has 17 heavy (non-hydrogen) atoms. The molecule has 0 spiro atoms. The molecule has 1 aromatic carbocycles. The number of esters is 1. The first-order chi connectivity index (χ1) is 8.30. The maximum Gasteiger partial charge on any atom is 0.310 e. The van der Waals surface area contributed by atoms with E-state index in [1.807, 2.05) is 13.0 Å². The number of rotatable bonds is 3. The van der Waals surface area contributed by atoms with Crippen LogP contribution in [-0.4, -0.2) is 12.6 Å². The Morgan fingerprint density at radius 2 is 2.18 bits per heavy atom. The quantitative estimate of drug-likeness (QED) is 0.746. The van der Waals surface area contributed by atoms with Gasteiger partial charge in [-0.1, -0.05) is 36.8 Å². The lowest BCUT2D eigenvalue weighted by molar-refractivity contribution is -0.145. The van der Waals surface area contributed by atoms with Gasteiger partial charge in [0.2, 0.25) is 0 Å². The van der Waals surface area contributed by atoms with Crippen LogP contribution in [0.25, 0.3) is 0 Å². The third-order valence-corrected chi connectivity index (χ3v) is 4.47. The molecule has 3 rings (SSSR count). The molecule has 2 aliphatic carbocycles. The molecule has 90 valence electrons.